The Bertz CT molecular complexity index is 315. The zero-order valence-electron chi connectivity index (χ0n) is 11.1. The highest BCUT2D eigenvalue weighted by molar-refractivity contribution is 6.47. The highest BCUT2D eigenvalue weighted by Gasteiger charge is 2.67. The van der Waals surface area contributed by atoms with Gasteiger partial charge in [-0.2, -0.15) is 0 Å². The van der Waals surface area contributed by atoms with Gasteiger partial charge in [-0.05, 0) is 42.8 Å². The molecule has 1 heterocycles. The molecule has 4 rings (SSSR count). The van der Waals surface area contributed by atoms with E-state index in [2.05, 4.69) is 34.6 Å². The number of rotatable bonds is 1. The summed E-state index contributed by atoms with van der Waals surface area (Å²) in [6.45, 7) is 11.4. The van der Waals surface area contributed by atoms with Crippen LogP contribution in [0.1, 0.15) is 47.5 Å². The summed E-state index contributed by atoms with van der Waals surface area (Å²) in [6.07, 6.45) is 2.88. The predicted octanol–water partition coefficient (Wildman–Crippen LogP) is 3.12. The van der Waals surface area contributed by atoms with E-state index in [1.807, 2.05) is 0 Å². The van der Waals surface area contributed by atoms with Gasteiger partial charge in [0.15, 0.2) is 0 Å². The monoisotopic (exact) mass is 222 g/mol. The van der Waals surface area contributed by atoms with Crippen molar-refractivity contribution in [2.45, 2.75) is 65.0 Å². The average Bonchev–Trinajstić information content (AvgIpc) is 2.54. The van der Waals surface area contributed by atoms with Crippen LogP contribution in [0.15, 0.2) is 0 Å². The Hall–Kier alpha value is -0.0151. The normalized spacial score (nSPS) is 49.1. The van der Waals surface area contributed by atoms with Crippen LogP contribution in [0.2, 0.25) is 5.82 Å². The lowest BCUT2D eigenvalue weighted by Gasteiger charge is -2.64. The summed E-state index contributed by atoms with van der Waals surface area (Å²) in [5.41, 5.74) is 0.438. The van der Waals surface area contributed by atoms with E-state index in [-0.39, 0.29) is 12.7 Å². The van der Waals surface area contributed by atoms with Crippen LogP contribution in [0.5, 0.6) is 0 Å². The maximum Gasteiger partial charge on any atom is 0.460 e. The van der Waals surface area contributed by atoms with E-state index < -0.39 is 0 Å². The summed E-state index contributed by atoms with van der Waals surface area (Å²) in [5, 5.41) is 0. The second-order valence-electron chi connectivity index (χ2n) is 7.08. The Morgan fingerprint density at radius 3 is 2.44 bits per heavy atom. The fraction of sp³-hybridized carbons (Fsp3) is 1.00. The first-order chi connectivity index (χ1) is 7.35. The summed E-state index contributed by atoms with van der Waals surface area (Å²) >= 11 is 0. The van der Waals surface area contributed by atoms with Crippen molar-refractivity contribution in [1.82, 2.24) is 0 Å². The first-order valence-electron chi connectivity index (χ1n) is 6.69. The zero-order chi connectivity index (χ0) is 11.7. The van der Waals surface area contributed by atoms with Crippen molar-refractivity contribution in [3.8, 4) is 0 Å². The second-order valence-corrected chi connectivity index (χ2v) is 7.08. The molecule has 0 spiro atoms. The van der Waals surface area contributed by atoms with Gasteiger partial charge in [-0.15, -0.1) is 0 Å². The highest BCUT2D eigenvalue weighted by atomic mass is 16.7. The van der Waals surface area contributed by atoms with Crippen molar-refractivity contribution in [1.29, 1.82) is 0 Å². The minimum absolute atomic E-state index is 0.0187. The van der Waals surface area contributed by atoms with Crippen LogP contribution in [-0.2, 0) is 9.31 Å². The van der Waals surface area contributed by atoms with Crippen molar-refractivity contribution in [2.75, 3.05) is 0 Å². The number of hydrogen-bond acceptors (Lipinski definition) is 2. The molecular formula is C13H23BO2. The molecule has 16 heavy (non-hydrogen) atoms. The van der Waals surface area contributed by atoms with Crippen molar-refractivity contribution < 1.29 is 9.31 Å². The molecule has 0 aromatic heterocycles. The van der Waals surface area contributed by atoms with Crippen molar-refractivity contribution >= 4 is 7.12 Å². The maximum absolute atomic E-state index is 6.28. The molecule has 3 heteroatoms. The van der Waals surface area contributed by atoms with Gasteiger partial charge in [-0.25, -0.2) is 0 Å². The van der Waals surface area contributed by atoms with Crippen molar-refractivity contribution in [3.05, 3.63) is 0 Å². The summed E-state index contributed by atoms with van der Waals surface area (Å²) in [7, 11) is 0.0187. The molecule has 1 aliphatic heterocycles. The first-order valence-corrected chi connectivity index (χ1v) is 6.69. The van der Waals surface area contributed by atoms with Crippen LogP contribution >= 0.6 is 0 Å². The van der Waals surface area contributed by atoms with Crippen LogP contribution in [0.4, 0.5) is 0 Å². The molecule has 3 aliphatic carbocycles. The zero-order valence-corrected chi connectivity index (χ0v) is 11.1. The standard InChI is InChI=1S/C13H23BO2/c1-8(2)14-15-11-7-9-6-10(12(9,3)4)13(11,5)16-14/h8-11H,6-7H2,1-5H3/t9?,10?,11-,13+/m1/s1. The van der Waals surface area contributed by atoms with Gasteiger partial charge in [0.2, 0.25) is 0 Å². The first kappa shape index (κ1) is 11.1. The van der Waals surface area contributed by atoms with Crippen LogP contribution in [0.25, 0.3) is 0 Å². The van der Waals surface area contributed by atoms with Gasteiger partial charge in [0.25, 0.3) is 0 Å². The van der Waals surface area contributed by atoms with Gasteiger partial charge in [-0.3, -0.25) is 0 Å². The summed E-state index contributed by atoms with van der Waals surface area (Å²) < 4.78 is 12.4. The lowest BCUT2D eigenvalue weighted by atomic mass is 9.43. The van der Waals surface area contributed by atoms with Crippen LogP contribution in [-0.4, -0.2) is 18.8 Å². The summed E-state index contributed by atoms with van der Waals surface area (Å²) in [5.74, 6) is 2.00. The van der Waals surface area contributed by atoms with Gasteiger partial charge < -0.3 is 9.31 Å². The molecule has 0 radical (unpaired) electrons. The molecule has 1 saturated heterocycles. The Labute approximate surface area is 99.2 Å². The largest absolute Gasteiger partial charge is 0.460 e. The van der Waals surface area contributed by atoms with E-state index in [1.165, 1.54) is 12.8 Å². The molecule has 4 atom stereocenters. The van der Waals surface area contributed by atoms with E-state index in [0.717, 1.165) is 5.92 Å². The van der Waals surface area contributed by atoms with Gasteiger partial charge in [-0.1, -0.05) is 27.7 Å². The fourth-order valence-corrected chi connectivity index (χ4v) is 4.19. The smallest absolute Gasteiger partial charge is 0.405 e. The quantitative estimate of drug-likeness (QED) is 0.634. The fourth-order valence-electron chi connectivity index (χ4n) is 4.19. The van der Waals surface area contributed by atoms with E-state index in [4.69, 9.17) is 9.31 Å². The minimum atomic E-state index is -0.0206. The molecule has 0 aromatic carbocycles. The Morgan fingerprint density at radius 1 is 1.19 bits per heavy atom. The van der Waals surface area contributed by atoms with E-state index in [1.54, 1.807) is 0 Å². The van der Waals surface area contributed by atoms with Gasteiger partial charge in [0.05, 0.1) is 11.7 Å². The van der Waals surface area contributed by atoms with Crippen LogP contribution in [0, 0.1) is 17.3 Å². The maximum atomic E-state index is 6.28. The minimum Gasteiger partial charge on any atom is -0.405 e. The van der Waals surface area contributed by atoms with Gasteiger partial charge in [0.1, 0.15) is 0 Å². The SMILES string of the molecule is CC(C)B1O[C@@H]2CC3CC(C3(C)C)[C@]2(C)O1. The Kier molecular flexibility index (Phi) is 2.12. The van der Waals surface area contributed by atoms with Gasteiger partial charge >= 0.3 is 7.12 Å². The van der Waals surface area contributed by atoms with E-state index >= 15 is 0 Å². The third kappa shape index (κ3) is 1.17. The molecule has 2 unspecified atom stereocenters. The summed E-state index contributed by atoms with van der Waals surface area (Å²) in [4.78, 5) is 0. The van der Waals surface area contributed by atoms with Crippen LogP contribution < -0.4 is 0 Å². The Morgan fingerprint density at radius 2 is 1.88 bits per heavy atom. The Balaban J connectivity index is 1.87. The summed E-state index contributed by atoms with van der Waals surface area (Å²) in [6, 6.07) is 0. The third-order valence-electron chi connectivity index (χ3n) is 5.51. The molecule has 4 fully saturated rings. The number of hydrogen-bond donors (Lipinski definition) is 0. The molecular weight excluding hydrogens is 199 g/mol. The van der Waals surface area contributed by atoms with Crippen molar-refractivity contribution in [2.24, 2.45) is 17.3 Å². The molecule has 4 aliphatic rings. The molecule has 2 bridgehead atoms. The van der Waals surface area contributed by atoms with E-state index in [9.17, 15) is 0 Å². The second kappa shape index (κ2) is 3.05. The molecule has 0 amide bonds. The lowest BCUT2D eigenvalue weighted by Crippen LogP contribution is -2.65. The van der Waals surface area contributed by atoms with Crippen molar-refractivity contribution in [3.63, 3.8) is 0 Å². The molecule has 0 aromatic rings. The predicted molar refractivity (Wildman–Crippen MR) is 65.2 cm³/mol. The third-order valence-corrected chi connectivity index (χ3v) is 5.51. The molecule has 2 nitrogen and oxygen atoms in total. The average molecular weight is 222 g/mol. The molecule has 0 N–H and O–H groups in total. The van der Waals surface area contributed by atoms with E-state index in [0.29, 0.717) is 23.3 Å². The molecule has 3 saturated carbocycles. The topological polar surface area (TPSA) is 18.5 Å². The van der Waals surface area contributed by atoms with Gasteiger partial charge in [0, 0.05) is 0 Å². The highest BCUT2D eigenvalue weighted by Crippen LogP contribution is 2.65. The molecule has 90 valence electrons. The lowest BCUT2D eigenvalue weighted by molar-refractivity contribution is -0.199. The van der Waals surface area contributed by atoms with Crippen LogP contribution in [0.3, 0.4) is 0 Å².